The number of thioether (sulfide) groups is 1. The van der Waals surface area contributed by atoms with E-state index in [-0.39, 0.29) is 34.6 Å². The minimum atomic E-state index is -0.505. The topological polar surface area (TPSA) is 96.4 Å². The van der Waals surface area contributed by atoms with Crippen LogP contribution in [0.5, 0.6) is 17.2 Å². The number of aromatic hydroxyl groups is 1. The fourth-order valence-corrected chi connectivity index (χ4v) is 4.18. The van der Waals surface area contributed by atoms with Crippen LogP contribution < -0.4 is 9.47 Å². The number of nitrogens with zero attached hydrogens (tertiary/aromatic N) is 2. The lowest BCUT2D eigenvalue weighted by molar-refractivity contribution is -0.135. The fraction of sp³-hybridized carbons (Fsp3) is 0.450. The van der Waals surface area contributed by atoms with Crippen LogP contribution >= 0.6 is 11.8 Å². The first kappa shape index (κ1) is 21.0. The largest absolute Gasteiger partial charge is 0.502 e. The molecule has 1 N–H and O–H groups in total. The summed E-state index contributed by atoms with van der Waals surface area (Å²) in [6.07, 6.45) is 5.59. The highest BCUT2D eigenvalue weighted by molar-refractivity contribution is 8.18. The Hall–Kier alpha value is -2.68. The molecule has 0 bridgehead atoms. The van der Waals surface area contributed by atoms with Gasteiger partial charge >= 0.3 is 0 Å². The van der Waals surface area contributed by atoms with Crippen LogP contribution in [-0.2, 0) is 9.59 Å². The van der Waals surface area contributed by atoms with Crippen molar-refractivity contribution < 1.29 is 29.0 Å². The molecule has 3 amide bonds. The summed E-state index contributed by atoms with van der Waals surface area (Å²) in [6, 6.07) is 3.07. The van der Waals surface area contributed by atoms with Gasteiger partial charge in [0.15, 0.2) is 11.5 Å². The van der Waals surface area contributed by atoms with Crippen LogP contribution in [0.2, 0.25) is 0 Å². The van der Waals surface area contributed by atoms with Crippen molar-refractivity contribution in [2.24, 2.45) is 0 Å². The van der Waals surface area contributed by atoms with E-state index in [1.54, 1.807) is 4.90 Å². The van der Waals surface area contributed by atoms with Crippen molar-refractivity contribution in [3.8, 4) is 17.2 Å². The summed E-state index contributed by atoms with van der Waals surface area (Å²) in [6.45, 7) is 1.08. The summed E-state index contributed by atoms with van der Waals surface area (Å²) in [5, 5.41) is 9.54. The lowest BCUT2D eigenvalue weighted by Crippen LogP contribution is -2.42. The van der Waals surface area contributed by atoms with Gasteiger partial charge in [-0.05, 0) is 48.4 Å². The molecule has 2 aliphatic heterocycles. The van der Waals surface area contributed by atoms with Crippen molar-refractivity contribution in [3.05, 3.63) is 22.6 Å². The number of hydrogen-bond acceptors (Lipinski definition) is 7. The minimum absolute atomic E-state index is 0.150. The Bertz CT molecular complexity index is 820. The highest BCUT2D eigenvalue weighted by atomic mass is 32.2. The molecule has 0 unspecified atom stereocenters. The second-order valence-corrected chi connectivity index (χ2v) is 7.83. The fourth-order valence-electron chi connectivity index (χ4n) is 3.34. The molecule has 0 saturated carbocycles. The van der Waals surface area contributed by atoms with Crippen LogP contribution in [0.15, 0.2) is 17.0 Å². The Morgan fingerprint density at radius 2 is 1.69 bits per heavy atom. The monoisotopic (exact) mass is 420 g/mol. The number of ether oxygens (including phenoxy) is 2. The van der Waals surface area contributed by atoms with Gasteiger partial charge in [-0.3, -0.25) is 19.3 Å². The van der Waals surface area contributed by atoms with E-state index in [1.807, 2.05) is 0 Å². The zero-order valence-corrected chi connectivity index (χ0v) is 17.3. The maximum Gasteiger partial charge on any atom is 0.294 e. The zero-order valence-electron chi connectivity index (χ0n) is 16.5. The van der Waals surface area contributed by atoms with Crippen LogP contribution in [-0.4, -0.2) is 65.8 Å². The smallest absolute Gasteiger partial charge is 0.294 e. The second-order valence-electron chi connectivity index (χ2n) is 6.84. The van der Waals surface area contributed by atoms with E-state index >= 15 is 0 Å². The van der Waals surface area contributed by atoms with Crippen LogP contribution in [0.1, 0.15) is 31.2 Å². The summed E-state index contributed by atoms with van der Waals surface area (Å²) < 4.78 is 10.2. The van der Waals surface area contributed by atoms with Gasteiger partial charge in [0.25, 0.3) is 11.1 Å². The lowest BCUT2D eigenvalue weighted by Gasteiger charge is -2.22. The number of amides is 3. The van der Waals surface area contributed by atoms with Crippen LogP contribution in [0.4, 0.5) is 4.79 Å². The number of phenols is 1. The first-order valence-electron chi connectivity index (χ1n) is 9.42. The average molecular weight is 420 g/mol. The summed E-state index contributed by atoms with van der Waals surface area (Å²) in [7, 11) is 2.81. The number of hydrogen-bond donors (Lipinski definition) is 1. The predicted molar refractivity (Wildman–Crippen MR) is 109 cm³/mol. The van der Waals surface area contributed by atoms with E-state index in [4.69, 9.17) is 9.47 Å². The normalized spacial score (nSPS) is 18.9. The van der Waals surface area contributed by atoms with Crippen LogP contribution in [0.25, 0.3) is 6.08 Å². The molecule has 1 aromatic carbocycles. The Kier molecular flexibility index (Phi) is 6.68. The van der Waals surface area contributed by atoms with E-state index in [9.17, 15) is 19.5 Å². The van der Waals surface area contributed by atoms with E-state index in [0.29, 0.717) is 18.7 Å². The molecule has 0 radical (unpaired) electrons. The lowest BCUT2D eigenvalue weighted by atomic mass is 10.1. The van der Waals surface area contributed by atoms with Gasteiger partial charge in [0.05, 0.1) is 19.1 Å². The summed E-state index contributed by atoms with van der Waals surface area (Å²) in [5.41, 5.74) is 0.529. The number of imide groups is 1. The number of likely N-dealkylation sites (tertiary alicyclic amines) is 1. The molecule has 156 valence electrons. The molecule has 2 heterocycles. The van der Waals surface area contributed by atoms with Crippen molar-refractivity contribution in [1.82, 2.24) is 9.80 Å². The molecular formula is C20H24N2O6S. The summed E-state index contributed by atoms with van der Waals surface area (Å²) >= 11 is 0.784. The van der Waals surface area contributed by atoms with E-state index in [1.165, 1.54) is 32.4 Å². The van der Waals surface area contributed by atoms with Gasteiger partial charge in [-0.1, -0.05) is 12.8 Å². The molecule has 0 aliphatic carbocycles. The third kappa shape index (κ3) is 4.67. The molecule has 2 aliphatic rings. The van der Waals surface area contributed by atoms with Crippen molar-refractivity contribution in [1.29, 1.82) is 0 Å². The van der Waals surface area contributed by atoms with Crippen molar-refractivity contribution in [2.75, 3.05) is 33.9 Å². The number of rotatable bonds is 5. The van der Waals surface area contributed by atoms with Crippen molar-refractivity contribution in [3.63, 3.8) is 0 Å². The molecular weight excluding hydrogens is 396 g/mol. The molecule has 1 aromatic rings. The minimum Gasteiger partial charge on any atom is -0.502 e. The first-order valence-corrected chi connectivity index (χ1v) is 10.2. The number of benzene rings is 1. The summed E-state index contributed by atoms with van der Waals surface area (Å²) in [5.74, 6) is -0.488. The molecule has 9 heteroatoms. The van der Waals surface area contributed by atoms with Gasteiger partial charge in [0.2, 0.25) is 11.7 Å². The number of methoxy groups -OCH3 is 2. The van der Waals surface area contributed by atoms with E-state index < -0.39 is 11.1 Å². The Labute approximate surface area is 173 Å². The molecule has 0 aromatic heterocycles. The van der Waals surface area contributed by atoms with E-state index in [0.717, 1.165) is 42.3 Å². The Morgan fingerprint density at radius 3 is 2.24 bits per heavy atom. The molecule has 0 atom stereocenters. The van der Waals surface area contributed by atoms with E-state index in [2.05, 4.69) is 0 Å². The SMILES string of the molecule is COc1cc(C=C2SC(=O)N(CC(=O)N3CCCCCC3)C2=O)cc(OC)c1O. The van der Waals surface area contributed by atoms with Crippen molar-refractivity contribution in [2.45, 2.75) is 25.7 Å². The highest BCUT2D eigenvalue weighted by Crippen LogP contribution is 2.39. The molecule has 29 heavy (non-hydrogen) atoms. The zero-order chi connectivity index (χ0) is 21.0. The molecule has 0 spiro atoms. The van der Waals surface area contributed by atoms with Gasteiger partial charge in [-0.2, -0.15) is 0 Å². The maximum atomic E-state index is 12.7. The van der Waals surface area contributed by atoms with Crippen molar-refractivity contribution >= 4 is 34.9 Å². The number of phenolic OH excluding ortho intramolecular Hbond substituents is 1. The predicted octanol–water partition coefficient (Wildman–Crippen LogP) is 2.85. The van der Waals surface area contributed by atoms with Gasteiger partial charge in [0, 0.05) is 13.1 Å². The maximum absolute atomic E-state index is 12.7. The van der Waals surface area contributed by atoms with Crippen LogP contribution in [0, 0.1) is 0 Å². The molecule has 3 rings (SSSR count). The standard InChI is InChI=1S/C20H24N2O6S/c1-27-14-9-13(10-15(28-2)18(14)24)11-16-19(25)22(20(26)29-16)12-17(23)21-7-5-3-4-6-8-21/h9-11,24H,3-8,12H2,1-2H3. The third-order valence-corrected chi connectivity index (χ3v) is 5.83. The van der Waals surface area contributed by atoms with Gasteiger partial charge in [-0.25, -0.2) is 0 Å². The second kappa shape index (κ2) is 9.21. The molecule has 2 fully saturated rings. The van der Waals surface area contributed by atoms with Crippen LogP contribution in [0.3, 0.4) is 0 Å². The average Bonchev–Trinajstić information content (AvgIpc) is 2.91. The number of carbonyl (C=O) groups is 3. The Balaban J connectivity index is 1.77. The van der Waals surface area contributed by atoms with Gasteiger partial charge in [0.1, 0.15) is 6.54 Å². The molecule has 2 saturated heterocycles. The third-order valence-electron chi connectivity index (χ3n) is 4.93. The highest BCUT2D eigenvalue weighted by Gasteiger charge is 2.37. The van der Waals surface area contributed by atoms with Gasteiger partial charge in [-0.15, -0.1) is 0 Å². The number of carbonyl (C=O) groups excluding carboxylic acids is 3. The van der Waals surface area contributed by atoms with Gasteiger partial charge < -0.3 is 19.5 Å². The summed E-state index contributed by atoms with van der Waals surface area (Å²) in [4.78, 5) is 40.5. The first-order chi connectivity index (χ1) is 13.9. The quantitative estimate of drug-likeness (QED) is 0.732. The molecule has 8 nitrogen and oxygen atoms in total. The Morgan fingerprint density at radius 1 is 1.10 bits per heavy atom.